The van der Waals surface area contributed by atoms with Gasteiger partial charge in [0, 0.05) is 29.9 Å². The third-order valence-corrected chi connectivity index (χ3v) is 5.82. The lowest BCUT2D eigenvalue weighted by atomic mass is 9.96. The van der Waals surface area contributed by atoms with Gasteiger partial charge in [0.2, 0.25) is 0 Å². The molecule has 1 aliphatic rings. The first-order chi connectivity index (χ1) is 17.3. The van der Waals surface area contributed by atoms with Crippen LogP contribution < -0.4 is 5.32 Å². The molecule has 170 valence electrons. The monoisotopic (exact) mass is 460 g/mol. The maximum absolute atomic E-state index is 13.2. The summed E-state index contributed by atoms with van der Waals surface area (Å²) < 4.78 is 7.65. The first kappa shape index (κ1) is 20.7. The Labute approximate surface area is 201 Å². The maximum atomic E-state index is 13.2. The molecule has 8 heteroatoms. The molecule has 0 saturated carbocycles. The van der Waals surface area contributed by atoms with Crippen molar-refractivity contribution in [1.82, 2.24) is 20.0 Å². The van der Waals surface area contributed by atoms with Gasteiger partial charge in [0.15, 0.2) is 11.9 Å². The molecule has 0 saturated heterocycles. The van der Waals surface area contributed by atoms with Crippen molar-refractivity contribution in [2.75, 3.05) is 5.32 Å². The van der Waals surface area contributed by atoms with Crippen LogP contribution in [0.5, 0.6) is 0 Å². The fourth-order valence-corrected chi connectivity index (χ4v) is 4.17. The molecule has 6 rings (SSSR count). The van der Waals surface area contributed by atoms with Crippen LogP contribution in [0.15, 0.2) is 107 Å². The number of aromatic nitrogens is 4. The van der Waals surface area contributed by atoms with Gasteiger partial charge in [-0.2, -0.15) is 5.10 Å². The Morgan fingerprint density at radius 1 is 0.857 bits per heavy atom. The van der Waals surface area contributed by atoms with E-state index in [0.717, 1.165) is 33.7 Å². The van der Waals surface area contributed by atoms with Crippen molar-refractivity contribution in [2.45, 2.75) is 12.6 Å². The zero-order valence-corrected chi connectivity index (χ0v) is 18.6. The van der Waals surface area contributed by atoms with Gasteiger partial charge in [0.05, 0.1) is 17.0 Å². The van der Waals surface area contributed by atoms with Crippen molar-refractivity contribution < 1.29 is 9.21 Å². The van der Waals surface area contributed by atoms with E-state index in [9.17, 15) is 4.79 Å². The highest BCUT2D eigenvalue weighted by Gasteiger charge is 2.27. The minimum absolute atomic E-state index is 0.0833. The molecular formula is C27H20N6O2. The second kappa shape index (κ2) is 8.83. The van der Waals surface area contributed by atoms with Crippen LogP contribution >= 0.6 is 0 Å². The molecule has 1 N–H and O–H groups in total. The third kappa shape index (κ3) is 4.02. The number of hydrogen-bond acceptors (Lipinski definition) is 7. The fourth-order valence-electron chi connectivity index (χ4n) is 4.17. The van der Waals surface area contributed by atoms with Gasteiger partial charge in [-0.05, 0) is 23.8 Å². The number of ketones is 1. The highest BCUT2D eigenvalue weighted by molar-refractivity contribution is 6.16. The smallest absolute Gasteiger partial charge is 0.317 e. The molecule has 8 nitrogen and oxygen atoms in total. The summed E-state index contributed by atoms with van der Waals surface area (Å²) in [5, 5.41) is 15.7. The third-order valence-electron chi connectivity index (χ3n) is 5.82. The predicted octanol–water partition coefficient (Wildman–Crippen LogP) is 4.32. The number of nitrogens with zero attached hydrogens (tertiary/aromatic N) is 5. The topological polar surface area (TPSA) is 98.2 Å². The number of rotatable bonds is 5. The normalized spacial score (nSPS) is 15.3. The Kier molecular flexibility index (Phi) is 5.23. The molecule has 1 atom stereocenters. The fraction of sp³-hybridized carbons (Fsp3) is 0.0741. The zero-order valence-electron chi connectivity index (χ0n) is 18.6. The summed E-state index contributed by atoms with van der Waals surface area (Å²) >= 11 is 0. The maximum Gasteiger partial charge on any atom is 0.317 e. The van der Waals surface area contributed by atoms with Crippen LogP contribution in [-0.4, -0.2) is 37.6 Å². The molecule has 0 aliphatic carbocycles. The van der Waals surface area contributed by atoms with E-state index >= 15 is 0 Å². The van der Waals surface area contributed by atoms with Crippen LogP contribution in [0.25, 0.3) is 17.1 Å². The highest BCUT2D eigenvalue weighted by Crippen LogP contribution is 2.27. The zero-order chi connectivity index (χ0) is 23.6. The average molecular weight is 460 g/mol. The van der Waals surface area contributed by atoms with Crippen molar-refractivity contribution in [3.63, 3.8) is 0 Å². The van der Waals surface area contributed by atoms with Crippen LogP contribution in [0, 0.1) is 0 Å². The van der Waals surface area contributed by atoms with E-state index in [2.05, 4.69) is 20.6 Å². The van der Waals surface area contributed by atoms with Crippen molar-refractivity contribution in [2.24, 2.45) is 4.99 Å². The van der Waals surface area contributed by atoms with E-state index in [-0.39, 0.29) is 18.2 Å². The molecule has 3 aromatic carbocycles. The molecule has 3 heterocycles. The molecule has 0 spiro atoms. The predicted molar refractivity (Wildman–Crippen MR) is 132 cm³/mol. The molecule has 0 fully saturated rings. The highest BCUT2D eigenvalue weighted by atomic mass is 16.4. The Balaban J connectivity index is 1.35. The summed E-state index contributed by atoms with van der Waals surface area (Å²) in [7, 11) is 0. The molecule has 1 unspecified atom stereocenters. The van der Waals surface area contributed by atoms with E-state index in [4.69, 9.17) is 9.41 Å². The van der Waals surface area contributed by atoms with Gasteiger partial charge in [0.1, 0.15) is 0 Å². The Bertz CT molecular complexity index is 1520. The summed E-state index contributed by atoms with van der Waals surface area (Å²) in [5.74, 6) is 0.232. The molecule has 2 aromatic heterocycles. The van der Waals surface area contributed by atoms with Gasteiger partial charge in [-0.1, -0.05) is 71.8 Å². The number of aliphatic imine (C=N–C) groups is 1. The van der Waals surface area contributed by atoms with Gasteiger partial charge in [-0.25, -0.2) is 4.68 Å². The van der Waals surface area contributed by atoms with Gasteiger partial charge in [-0.3, -0.25) is 9.79 Å². The van der Waals surface area contributed by atoms with Gasteiger partial charge < -0.3 is 9.73 Å². The van der Waals surface area contributed by atoms with E-state index in [1.807, 2.05) is 91.1 Å². The lowest BCUT2D eigenvalue weighted by Gasteiger charge is -2.12. The number of benzene rings is 3. The van der Waals surface area contributed by atoms with Gasteiger partial charge >= 0.3 is 6.01 Å². The van der Waals surface area contributed by atoms with Crippen LogP contribution in [-0.2, 0) is 11.2 Å². The minimum Gasteiger partial charge on any atom is -0.403 e. The van der Waals surface area contributed by atoms with Crippen LogP contribution in [0.4, 0.5) is 6.01 Å². The minimum atomic E-state index is -0.868. The molecule has 1 aliphatic heterocycles. The molecule has 5 aromatic rings. The number of para-hydroxylation sites is 1. The van der Waals surface area contributed by atoms with E-state index in [1.54, 1.807) is 10.9 Å². The van der Waals surface area contributed by atoms with E-state index in [0.29, 0.717) is 5.89 Å². The number of Topliss-reactive ketones (excluding diaryl/α,β-unsaturated/α-hetero) is 1. The SMILES string of the molecule is O=C1Cc2ccccc2C(c2ccccc2)=NC1Nc1nnc(-c2ccccc2-n2cccn2)o1. The molecule has 0 bridgehead atoms. The number of hydrogen-bond donors (Lipinski definition) is 1. The van der Waals surface area contributed by atoms with Gasteiger partial charge in [0.25, 0.3) is 5.89 Å². The Morgan fingerprint density at radius 3 is 2.46 bits per heavy atom. The summed E-state index contributed by atoms with van der Waals surface area (Å²) in [6.07, 6.45) is 2.93. The van der Waals surface area contributed by atoms with Crippen molar-refractivity contribution in [1.29, 1.82) is 0 Å². The average Bonchev–Trinajstić information content (AvgIpc) is 3.58. The summed E-state index contributed by atoms with van der Waals surface area (Å²) in [5.41, 5.74) is 5.08. The van der Waals surface area contributed by atoms with Crippen molar-refractivity contribution in [3.05, 3.63) is 114 Å². The number of carbonyl (C=O) groups is 1. The molecule has 0 radical (unpaired) electrons. The number of fused-ring (bicyclic) bond motifs is 1. The lowest BCUT2D eigenvalue weighted by molar-refractivity contribution is -0.119. The summed E-state index contributed by atoms with van der Waals surface area (Å²) in [4.78, 5) is 18.0. The molecular weight excluding hydrogens is 440 g/mol. The molecule has 0 amide bonds. The second-order valence-corrected chi connectivity index (χ2v) is 8.07. The quantitative estimate of drug-likeness (QED) is 0.419. The Morgan fingerprint density at radius 2 is 1.63 bits per heavy atom. The van der Waals surface area contributed by atoms with E-state index < -0.39 is 6.17 Å². The lowest BCUT2D eigenvalue weighted by Crippen LogP contribution is -2.29. The van der Waals surface area contributed by atoms with Gasteiger partial charge in [-0.15, -0.1) is 5.10 Å². The van der Waals surface area contributed by atoms with Crippen LogP contribution in [0.3, 0.4) is 0 Å². The summed E-state index contributed by atoms with van der Waals surface area (Å²) in [6.45, 7) is 0. The van der Waals surface area contributed by atoms with Crippen LogP contribution in [0.1, 0.15) is 16.7 Å². The van der Waals surface area contributed by atoms with Crippen LogP contribution in [0.2, 0.25) is 0 Å². The second-order valence-electron chi connectivity index (χ2n) is 8.07. The largest absolute Gasteiger partial charge is 0.403 e. The van der Waals surface area contributed by atoms with Crippen molar-refractivity contribution in [3.8, 4) is 17.1 Å². The van der Waals surface area contributed by atoms with Crippen molar-refractivity contribution >= 4 is 17.5 Å². The molecule has 35 heavy (non-hydrogen) atoms. The number of nitrogens with one attached hydrogen (secondary N) is 1. The number of carbonyl (C=O) groups excluding carboxylic acids is 1. The first-order valence-electron chi connectivity index (χ1n) is 11.2. The standard InChI is InChI=1S/C27H20N6O2/c34-23-17-19-11-4-5-12-20(19)24(18-9-2-1-3-10-18)29-25(23)30-27-32-31-26(35-27)21-13-6-7-14-22(21)33-16-8-15-28-33/h1-16,25H,17H2,(H,30,32). The number of anilines is 1. The van der Waals surface area contributed by atoms with E-state index in [1.165, 1.54) is 0 Å². The summed E-state index contributed by atoms with van der Waals surface area (Å²) in [6, 6.07) is 27.3. The Hall–Kier alpha value is -4.85. The first-order valence-corrected chi connectivity index (χ1v) is 11.2.